The quantitative estimate of drug-likeness (QED) is 0.340. The van der Waals surface area contributed by atoms with Crippen molar-refractivity contribution in [1.29, 1.82) is 0 Å². The third-order valence-corrected chi connectivity index (χ3v) is 10.0. The first-order valence-electron chi connectivity index (χ1n) is 12.8. The Bertz CT molecular complexity index is 1140. The lowest BCUT2D eigenvalue weighted by Gasteiger charge is -2.56. The molecule has 0 N–H and O–H groups in total. The summed E-state index contributed by atoms with van der Waals surface area (Å²) in [5, 5.41) is 0.462. The van der Waals surface area contributed by atoms with E-state index in [0.717, 1.165) is 18.4 Å². The van der Waals surface area contributed by atoms with Crippen LogP contribution in [-0.4, -0.2) is 34.8 Å². The maximum atomic E-state index is 12.9. The van der Waals surface area contributed by atoms with Crippen LogP contribution in [0.15, 0.2) is 53.1 Å². The second-order valence-electron chi connectivity index (χ2n) is 11.0. The van der Waals surface area contributed by atoms with E-state index in [4.69, 9.17) is 32.7 Å². The number of carbonyl (C=O) groups is 3. The Hall–Kier alpha value is -2.11. The summed E-state index contributed by atoms with van der Waals surface area (Å²) in [6.07, 6.45) is 7.14. The number of alkyl halides is 1. The van der Waals surface area contributed by atoms with Crippen LogP contribution in [0.4, 0.5) is 0 Å². The SMILES string of the molecule is CC(=O)O[C@]1(C(C)=O)CC[C@H]2[C@@H]3C=C(Cl)C4=C[C@@H](OC(=O)c5ccccc5)CC[C@@H]4[C@H]3[C@@H](Cl)C[C@@]21C. The van der Waals surface area contributed by atoms with Gasteiger partial charge in [0, 0.05) is 22.7 Å². The molecule has 0 unspecified atom stereocenters. The predicted octanol–water partition coefficient (Wildman–Crippen LogP) is 6.24. The molecule has 4 aliphatic rings. The monoisotopic (exact) mass is 530 g/mol. The van der Waals surface area contributed by atoms with Crippen molar-refractivity contribution < 1.29 is 23.9 Å². The number of carbonyl (C=O) groups excluding carboxylic acids is 3. The van der Waals surface area contributed by atoms with E-state index in [-0.39, 0.29) is 46.9 Å². The Morgan fingerprint density at radius 2 is 1.75 bits per heavy atom. The average molecular weight is 531 g/mol. The van der Waals surface area contributed by atoms with Crippen molar-refractivity contribution in [3.8, 4) is 0 Å². The van der Waals surface area contributed by atoms with Crippen molar-refractivity contribution in [2.45, 2.75) is 70.0 Å². The lowest BCUT2D eigenvalue weighted by molar-refractivity contribution is -0.184. The average Bonchev–Trinajstić information content (AvgIpc) is 3.12. The lowest BCUT2D eigenvalue weighted by atomic mass is 9.51. The molecule has 5 nitrogen and oxygen atoms in total. The fraction of sp³-hybridized carbons (Fsp3) is 0.552. The van der Waals surface area contributed by atoms with Gasteiger partial charge in [-0.1, -0.05) is 42.8 Å². The van der Waals surface area contributed by atoms with E-state index in [9.17, 15) is 14.4 Å². The van der Waals surface area contributed by atoms with Crippen LogP contribution >= 0.6 is 23.2 Å². The highest BCUT2D eigenvalue weighted by molar-refractivity contribution is 6.32. The summed E-state index contributed by atoms with van der Waals surface area (Å²) in [6, 6.07) is 8.98. The molecule has 4 aliphatic carbocycles. The minimum Gasteiger partial charge on any atom is -0.455 e. The second kappa shape index (κ2) is 9.33. The third-order valence-electron chi connectivity index (χ3n) is 9.25. The van der Waals surface area contributed by atoms with Gasteiger partial charge in [-0.05, 0) is 86.5 Å². The molecule has 0 bridgehead atoms. The van der Waals surface area contributed by atoms with Crippen LogP contribution in [0, 0.1) is 29.1 Å². The smallest absolute Gasteiger partial charge is 0.338 e. The van der Waals surface area contributed by atoms with Crippen LogP contribution in [0.25, 0.3) is 0 Å². The molecule has 0 radical (unpaired) electrons. The van der Waals surface area contributed by atoms with Crippen molar-refractivity contribution >= 4 is 40.9 Å². The first-order chi connectivity index (χ1) is 17.1. The van der Waals surface area contributed by atoms with Crippen molar-refractivity contribution in [2.24, 2.45) is 29.1 Å². The van der Waals surface area contributed by atoms with Gasteiger partial charge < -0.3 is 9.47 Å². The van der Waals surface area contributed by atoms with Crippen LogP contribution in [0.2, 0.25) is 0 Å². The molecule has 0 aliphatic heterocycles. The molecule has 2 saturated carbocycles. The zero-order valence-electron chi connectivity index (χ0n) is 20.8. The van der Waals surface area contributed by atoms with Gasteiger partial charge in [0.05, 0.1) is 5.56 Å². The minimum absolute atomic E-state index is 0.0844. The van der Waals surface area contributed by atoms with E-state index in [2.05, 4.69) is 13.0 Å². The fourth-order valence-electron chi connectivity index (χ4n) is 7.76. The van der Waals surface area contributed by atoms with Gasteiger partial charge in [0.1, 0.15) is 6.10 Å². The first kappa shape index (κ1) is 25.5. The number of esters is 2. The first-order valence-corrected chi connectivity index (χ1v) is 13.6. The Morgan fingerprint density at radius 1 is 1.03 bits per heavy atom. The van der Waals surface area contributed by atoms with Crippen LogP contribution in [0.5, 0.6) is 0 Å². The van der Waals surface area contributed by atoms with E-state index < -0.39 is 17.0 Å². The highest BCUT2D eigenvalue weighted by Crippen LogP contribution is 2.66. The minimum atomic E-state index is -1.15. The van der Waals surface area contributed by atoms with Crippen LogP contribution in [0.3, 0.4) is 0 Å². The Kier molecular flexibility index (Phi) is 6.61. The number of hydrogen-bond donors (Lipinski definition) is 0. The normalized spacial score (nSPS) is 39.0. The molecule has 0 aromatic heterocycles. The maximum absolute atomic E-state index is 12.9. The number of ether oxygens (including phenoxy) is 2. The van der Waals surface area contributed by atoms with E-state index in [1.807, 2.05) is 24.3 Å². The lowest BCUT2D eigenvalue weighted by Crippen LogP contribution is -2.59. The second-order valence-corrected chi connectivity index (χ2v) is 12.0. The topological polar surface area (TPSA) is 69.7 Å². The zero-order valence-corrected chi connectivity index (χ0v) is 22.4. The van der Waals surface area contributed by atoms with E-state index in [0.29, 0.717) is 29.9 Å². The van der Waals surface area contributed by atoms with Crippen molar-refractivity contribution in [2.75, 3.05) is 0 Å². The summed E-state index contributed by atoms with van der Waals surface area (Å²) >= 11 is 14.0. The summed E-state index contributed by atoms with van der Waals surface area (Å²) in [5.41, 5.74) is -0.185. The molecule has 7 heteroatoms. The van der Waals surface area contributed by atoms with Gasteiger partial charge in [0.2, 0.25) is 0 Å². The van der Waals surface area contributed by atoms with Gasteiger partial charge in [-0.2, -0.15) is 0 Å². The largest absolute Gasteiger partial charge is 0.455 e. The molecule has 36 heavy (non-hydrogen) atoms. The third kappa shape index (κ3) is 3.94. The summed E-state index contributed by atoms with van der Waals surface area (Å²) < 4.78 is 11.6. The van der Waals surface area contributed by atoms with Crippen LogP contribution in [-0.2, 0) is 19.1 Å². The van der Waals surface area contributed by atoms with E-state index in [1.165, 1.54) is 13.8 Å². The molecule has 5 rings (SSSR count). The molecule has 0 spiro atoms. The molecule has 1 aromatic rings. The van der Waals surface area contributed by atoms with Crippen molar-refractivity contribution in [3.05, 3.63) is 58.7 Å². The molecule has 1 aromatic carbocycles. The molecular formula is C29H32Cl2O5. The number of rotatable bonds is 4. The molecule has 0 saturated heterocycles. The van der Waals surface area contributed by atoms with Crippen LogP contribution in [0.1, 0.15) is 63.2 Å². The number of allylic oxidation sites excluding steroid dienone is 3. The highest BCUT2D eigenvalue weighted by atomic mass is 35.5. The van der Waals surface area contributed by atoms with Crippen LogP contribution < -0.4 is 0 Å². The molecule has 0 amide bonds. The highest BCUT2D eigenvalue weighted by Gasteiger charge is 2.68. The standard InChI is InChI=1S/C29H32Cl2O5/c1-16(32)29(36-17(2)33)12-11-23-22-14-24(30)21-13-19(35-27(34)18-7-5-4-6-8-18)9-10-20(21)26(22)25(31)15-28(23,29)3/h4-8,13-14,19-20,22-23,25-26H,9-12,15H2,1-3H3/t19-,20-,22-,23-,25-,26+,28-,29-/m0/s1. The molecule has 0 heterocycles. The van der Waals surface area contributed by atoms with Gasteiger partial charge in [-0.25, -0.2) is 4.79 Å². The van der Waals surface area contributed by atoms with E-state index >= 15 is 0 Å². The van der Waals surface area contributed by atoms with Gasteiger partial charge in [0.25, 0.3) is 0 Å². The van der Waals surface area contributed by atoms with Crippen molar-refractivity contribution in [1.82, 2.24) is 0 Å². The molecule has 192 valence electrons. The fourth-order valence-corrected chi connectivity index (χ4v) is 8.77. The van der Waals surface area contributed by atoms with Gasteiger partial charge in [-0.3, -0.25) is 9.59 Å². The summed E-state index contributed by atoms with van der Waals surface area (Å²) in [6.45, 7) is 4.95. The number of halogens is 2. The maximum Gasteiger partial charge on any atom is 0.338 e. The summed E-state index contributed by atoms with van der Waals surface area (Å²) in [7, 11) is 0. The molecule has 2 fully saturated rings. The van der Waals surface area contributed by atoms with Gasteiger partial charge in [-0.15, -0.1) is 11.6 Å². The Morgan fingerprint density at radius 3 is 2.42 bits per heavy atom. The van der Waals surface area contributed by atoms with Crippen molar-refractivity contribution in [3.63, 3.8) is 0 Å². The number of ketones is 1. The number of benzene rings is 1. The number of Topliss-reactive ketones (excluding diaryl/α,β-unsaturated/α-hetero) is 1. The van der Waals surface area contributed by atoms with Gasteiger partial charge in [0.15, 0.2) is 11.4 Å². The number of fused-ring (bicyclic) bond motifs is 5. The Balaban J connectivity index is 1.44. The summed E-state index contributed by atoms with van der Waals surface area (Å²) in [5.74, 6) is -0.365. The predicted molar refractivity (Wildman–Crippen MR) is 138 cm³/mol. The van der Waals surface area contributed by atoms with Gasteiger partial charge >= 0.3 is 11.9 Å². The summed E-state index contributed by atoms with van der Waals surface area (Å²) in [4.78, 5) is 37.6. The number of hydrogen-bond acceptors (Lipinski definition) is 5. The molecule has 8 atom stereocenters. The Labute approximate surface area is 222 Å². The molecular weight excluding hydrogens is 499 g/mol. The zero-order chi connectivity index (χ0) is 25.8. The van der Waals surface area contributed by atoms with E-state index in [1.54, 1.807) is 12.1 Å².